The number of aryl methyl sites for hydroxylation is 1. The van der Waals surface area contributed by atoms with Crippen LogP contribution in [0.4, 0.5) is 0 Å². The highest BCUT2D eigenvalue weighted by molar-refractivity contribution is 5.09. The molecule has 1 fully saturated rings. The van der Waals surface area contributed by atoms with Crippen LogP contribution in [0.3, 0.4) is 0 Å². The van der Waals surface area contributed by atoms with Crippen LogP contribution in [-0.2, 0) is 0 Å². The van der Waals surface area contributed by atoms with Crippen LogP contribution in [0, 0.1) is 6.92 Å². The fraction of sp³-hybridized carbons (Fsp3) is 0.714. The van der Waals surface area contributed by atoms with Crippen molar-refractivity contribution in [3.05, 3.63) is 23.7 Å². The van der Waals surface area contributed by atoms with E-state index in [0.29, 0.717) is 11.6 Å². The molecule has 0 saturated heterocycles. The van der Waals surface area contributed by atoms with Crippen LogP contribution in [0.5, 0.6) is 0 Å². The third-order valence-electron chi connectivity index (χ3n) is 4.16. The maximum Gasteiger partial charge on any atom is 0.120 e. The van der Waals surface area contributed by atoms with Gasteiger partial charge in [0.1, 0.15) is 11.5 Å². The number of likely N-dealkylation sites (N-methyl/N-ethyl adjacent to an activating group) is 1. The van der Waals surface area contributed by atoms with Crippen molar-refractivity contribution in [3.63, 3.8) is 0 Å². The van der Waals surface area contributed by atoms with Crippen molar-refractivity contribution >= 4 is 0 Å². The molecular formula is C14H24N2O. The molecule has 1 N–H and O–H groups in total. The number of hydrogen-bond donors (Lipinski definition) is 1. The molecule has 0 radical (unpaired) electrons. The smallest absolute Gasteiger partial charge is 0.120 e. The second kappa shape index (κ2) is 4.83. The van der Waals surface area contributed by atoms with Gasteiger partial charge in [-0.2, -0.15) is 0 Å². The Morgan fingerprint density at radius 1 is 1.41 bits per heavy atom. The maximum absolute atomic E-state index is 5.65. The van der Waals surface area contributed by atoms with Crippen molar-refractivity contribution in [2.24, 2.45) is 0 Å². The molecule has 1 heterocycles. The molecule has 3 heteroatoms. The first-order chi connectivity index (χ1) is 8.03. The summed E-state index contributed by atoms with van der Waals surface area (Å²) >= 11 is 0. The molecule has 17 heavy (non-hydrogen) atoms. The SMILES string of the molecule is Cc1ccc(C(C)NCC2(N(C)C)CCC2)o1. The van der Waals surface area contributed by atoms with Gasteiger partial charge in [-0.1, -0.05) is 0 Å². The van der Waals surface area contributed by atoms with Crippen LogP contribution < -0.4 is 5.32 Å². The van der Waals surface area contributed by atoms with E-state index < -0.39 is 0 Å². The van der Waals surface area contributed by atoms with Crippen LogP contribution in [0.15, 0.2) is 16.5 Å². The normalized spacial score (nSPS) is 20.3. The van der Waals surface area contributed by atoms with E-state index in [2.05, 4.69) is 37.3 Å². The third-order valence-corrected chi connectivity index (χ3v) is 4.16. The fourth-order valence-corrected chi connectivity index (χ4v) is 2.50. The second-order valence-electron chi connectivity index (χ2n) is 5.52. The van der Waals surface area contributed by atoms with Gasteiger partial charge in [-0.3, -0.25) is 0 Å². The highest BCUT2D eigenvalue weighted by Gasteiger charge is 2.38. The van der Waals surface area contributed by atoms with Gasteiger partial charge in [-0.05, 0) is 59.3 Å². The van der Waals surface area contributed by atoms with E-state index in [0.717, 1.165) is 18.1 Å². The zero-order valence-corrected chi connectivity index (χ0v) is 11.4. The molecule has 1 atom stereocenters. The molecule has 1 unspecified atom stereocenters. The van der Waals surface area contributed by atoms with E-state index in [9.17, 15) is 0 Å². The summed E-state index contributed by atoms with van der Waals surface area (Å²) in [4.78, 5) is 2.36. The van der Waals surface area contributed by atoms with Crippen LogP contribution >= 0.6 is 0 Å². The molecule has 96 valence electrons. The lowest BCUT2D eigenvalue weighted by Gasteiger charge is -2.48. The number of nitrogens with zero attached hydrogens (tertiary/aromatic N) is 1. The Kier molecular flexibility index (Phi) is 3.59. The van der Waals surface area contributed by atoms with Crippen LogP contribution in [0.2, 0.25) is 0 Å². The summed E-state index contributed by atoms with van der Waals surface area (Å²) in [7, 11) is 4.37. The van der Waals surface area contributed by atoms with E-state index in [1.165, 1.54) is 19.3 Å². The molecule has 0 aromatic carbocycles. The zero-order valence-electron chi connectivity index (χ0n) is 11.4. The summed E-state index contributed by atoms with van der Waals surface area (Å²) in [5.41, 5.74) is 0.371. The van der Waals surface area contributed by atoms with Crippen molar-refractivity contribution in [1.82, 2.24) is 10.2 Å². The first-order valence-corrected chi connectivity index (χ1v) is 6.51. The van der Waals surface area contributed by atoms with Gasteiger partial charge in [0.15, 0.2) is 0 Å². The van der Waals surface area contributed by atoms with Gasteiger partial charge in [0.05, 0.1) is 6.04 Å². The Bertz CT molecular complexity index is 366. The van der Waals surface area contributed by atoms with Crippen molar-refractivity contribution in [2.45, 2.75) is 44.7 Å². The third kappa shape index (κ3) is 2.55. The van der Waals surface area contributed by atoms with Crippen LogP contribution in [0.1, 0.15) is 43.7 Å². The molecule has 0 spiro atoms. The molecule has 0 aliphatic heterocycles. The molecule has 1 aromatic rings. The van der Waals surface area contributed by atoms with E-state index in [1.807, 2.05) is 13.0 Å². The minimum atomic E-state index is 0.293. The molecule has 0 amide bonds. The Morgan fingerprint density at radius 2 is 2.12 bits per heavy atom. The lowest BCUT2D eigenvalue weighted by atomic mass is 9.75. The molecule has 1 aliphatic rings. The summed E-state index contributed by atoms with van der Waals surface area (Å²) in [6, 6.07) is 4.38. The number of hydrogen-bond acceptors (Lipinski definition) is 3. The molecule has 1 aliphatic carbocycles. The molecular weight excluding hydrogens is 212 g/mol. The predicted molar refractivity (Wildman–Crippen MR) is 70.1 cm³/mol. The lowest BCUT2D eigenvalue weighted by Crippen LogP contribution is -2.56. The number of nitrogens with one attached hydrogen (secondary N) is 1. The van der Waals surface area contributed by atoms with Gasteiger partial charge >= 0.3 is 0 Å². The average molecular weight is 236 g/mol. The van der Waals surface area contributed by atoms with Gasteiger partial charge < -0.3 is 14.6 Å². The molecule has 1 aromatic heterocycles. The Morgan fingerprint density at radius 3 is 2.53 bits per heavy atom. The Balaban J connectivity index is 1.89. The minimum absolute atomic E-state index is 0.293. The summed E-state index contributed by atoms with van der Waals surface area (Å²) in [6.07, 6.45) is 3.96. The van der Waals surface area contributed by atoms with E-state index in [4.69, 9.17) is 4.42 Å². The number of rotatable bonds is 5. The zero-order chi connectivity index (χ0) is 12.5. The highest BCUT2D eigenvalue weighted by Crippen LogP contribution is 2.35. The molecule has 1 saturated carbocycles. The van der Waals surface area contributed by atoms with Gasteiger partial charge in [0.25, 0.3) is 0 Å². The molecule has 0 bridgehead atoms. The average Bonchev–Trinajstić information content (AvgIpc) is 2.62. The summed E-state index contributed by atoms with van der Waals surface area (Å²) in [6.45, 7) is 5.20. The van der Waals surface area contributed by atoms with E-state index in [1.54, 1.807) is 0 Å². The summed E-state index contributed by atoms with van der Waals surface area (Å²) in [5, 5.41) is 3.60. The second-order valence-corrected chi connectivity index (χ2v) is 5.52. The summed E-state index contributed by atoms with van der Waals surface area (Å²) < 4.78 is 5.65. The van der Waals surface area contributed by atoms with Crippen molar-refractivity contribution in [2.75, 3.05) is 20.6 Å². The quantitative estimate of drug-likeness (QED) is 0.852. The Hall–Kier alpha value is -0.800. The lowest BCUT2D eigenvalue weighted by molar-refractivity contribution is 0.0569. The minimum Gasteiger partial charge on any atom is -0.465 e. The van der Waals surface area contributed by atoms with Crippen molar-refractivity contribution in [3.8, 4) is 0 Å². The number of furan rings is 1. The van der Waals surface area contributed by atoms with Crippen LogP contribution in [0.25, 0.3) is 0 Å². The van der Waals surface area contributed by atoms with E-state index >= 15 is 0 Å². The molecule has 3 nitrogen and oxygen atoms in total. The highest BCUT2D eigenvalue weighted by atomic mass is 16.3. The monoisotopic (exact) mass is 236 g/mol. The standard InChI is InChI=1S/C14H24N2O/c1-11-6-7-13(17-11)12(2)15-10-14(16(3)4)8-5-9-14/h6-7,12,15H,5,8-10H2,1-4H3. The predicted octanol–water partition coefficient (Wildman–Crippen LogP) is 2.72. The van der Waals surface area contributed by atoms with E-state index in [-0.39, 0.29) is 0 Å². The maximum atomic E-state index is 5.65. The van der Waals surface area contributed by atoms with Gasteiger partial charge in [0, 0.05) is 12.1 Å². The topological polar surface area (TPSA) is 28.4 Å². The van der Waals surface area contributed by atoms with Crippen molar-refractivity contribution in [1.29, 1.82) is 0 Å². The molecule has 2 rings (SSSR count). The first kappa shape index (κ1) is 12.7. The Labute approximate surface area is 104 Å². The van der Waals surface area contributed by atoms with Gasteiger partial charge in [-0.25, -0.2) is 0 Å². The largest absolute Gasteiger partial charge is 0.465 e. The van der Waals surface area contributed by atoms with Crippen molar-refractivity contribution < 1.29 is 4.42 Å². The van der Waals surface area contributed by atoms with Gasteiger partial charge in [-0.15, -0.1) is 0 Å². The van der Waals surface area contributed by atoms with Crippen LogP contribution in [-0.4, -0.2) is 31.1 Å². The first-order valence-electron chi connectivity index (χ1n) is 6.51. The summed E-state index contributed by atoms with van der Waals surface area (Å²) in [5.74, 6) is 2.02. The fourth-order valence-electron chi connectivity index (χ4n) is 2.50. The van der Waals surface area contributed by atoms with Gasteiger partial charge in [0.2, 0.25) is 0 Å².